The van der Waals surface area contributed by atoms with Gasteiger partial charge in [-0.1, -0.05) is 0 Å². The number of carboxylic acid groups (broad SMARTS) is 1. The van der Waals surface area contributed by atoms with E-state index in [0.29, 0.717) is 0 Å². The van der Waals surface area contributed by atoms with Crippen molar-refractivity contribution in [3.63, 3.8) is 0 Å². The molecule has 0 radical (unpaired) electrons. The molecule has 5 nitrogen and oxygen atoms in total. The molecule has 0 aliphatic carbocycles. The standard InChI is InChI=1S/C5H8O5/c1-3(5(7)8)9-10-4(2)6/h3H,1-2H3,(H,7,8)/t3-/m0/s1. The van der Waals surface area contributed by atoms with Crippen molar-refractivity contribution in [2.24, 2.45) is 0 Å². The Morgan fingerprint density at radius 3 is 2.30 bits per heavy atom. The Labute approximate surface area is 57.5 Å². The van der Waals surface area contributed by atoms with Crippen LogP contribution in [0.2, 0.25) is 0 Å². The van der Waals surface area contributed by atoms with Crippen LogP contribution in [0.25, 0.3) is 0 Å². The number of rotatable bonds is 3. The molecule has 1 atom stereocenters. The molecule has 0 bridgehead atoms. The maximum atomic E-state index is 10.0. The zero-order valence-electron chi connectivity index (χ0n) is 5.66. The molecule has 10 heavy (non-hydrogen) atoms. The largest absolute Gasteiger partial charge is 0.479 e. The highest BCUT2D eigenvalue weighted by Crippen LogP contribution is 1.91. The van der Waals surface area contributed by atoms with Crippen LogP contribution in [0.3, 0.4) is 0 Å². The lowest BCUT2D eigenvalue weighted by atomic mass is 10.4. The summed E-state index contributed by atoms with van der Waals surface area (Å²) in [6, 6.07) is 0. The minimum Gasteiger partial charge on any atom is -0.479 e. The molecule has 0 spiro atoms. The highest BCUT2D eigenvalue weighted by atomic mass is 17.2. The Kier molecular flexibility index (Phi) is 3.42. The molecule has 0 saturated heterocycles. The van der Waals surface area contributed by atoms with E-state index in [2.05, 4.69) is 9.78 Å². The Balaban J connectivity index is 3.49. The van der Waals surface area contributed by atoms with Gasteiger partial charge in [0, 0.05) is 6.92 Å². The van der Waals surface area contributed by atoms with E-state index in [0.717, 1.165) is 6.92 Å². The first-order chi connectivity index (χ1) is 4.54. The average Bonchev–Trinajstić information content (AvgIpc) is 1.82. The lowest BCUT2D eigenvalue weighted by Crippen LogP contribution is -2.21. The fourth-order valence-electron chi connectivity index (χ4n) is 0.181. The van der Waals surface area contributed by atoms with Crippen LogP contribution in [0, 0.1) is 0 Å². The maximum absolute atomic E-state index is 10.0. The molecule has 0 heterocycles. The van der Waals surface area contributed by atoms with Crippen molar-refractivity contribution in [2.45, 2.75) is 20.0 Å². The van der Waals surface area contributed by atoms with Gasteiger partial charge in [-0.2, -0.15) is 4.89 Å². The second kappa shape index (κ2) is 3.84. The molecule has 58 valence electrons. The minimum absolute atomic E-state index is 0.673. The molecule has 1 N–H and O–H groups in total. The number of carbonyl (C=O) groups is 2. The Morgan fingerprint density at radius 1 is 1.50 bits per heavy atom. The van der Waals surface area contributed by atoms with Crippen molar-refractivity contribution in [3.8, 4) is 0 Å². The monoisotopic (exact) mass is 148 g/mol. The first kappa shape index (κ1) is 8.90. The fraction of sp³-hybridized carbons (Fsp3) is 0.600. The van der Waals surface area contributed by atoms with E-state index in [1.165, 1.54) is 6.92 Å². The number of carbonyl (C=O) groups excluding carboxylic acids is 1. The van der Waals surface area contributed by atoms with Gasteiger partial charge in [0.1, 0.15) is 0 Å². The summed E-state index contributed by atoms with van der Waals surface area (Å²) in [6.07, 6.45) is -1.12. The van der Waals surface area contributed by atoms with Gasteiger partial charge >= 0.3 is 11.9 Å². The zero-order chi connectivity index (χ0) is 8.15. The second-order valence-corrected chi connectivity index (χ2v) is 1.65. The van der Waals surface area contributed by atoms with Crippen LogP contribution in [-0.2, 0) is 19.4 Å². The SMILES string of the molecule is CC(=O)OO[C@@H](C)C(=O)O. The topological polar surface area (TPSA) is 72.8 Å². The Bertz CT molecular complexity index is 141. The molecular weight excluding hydrogens is 140 g/mol. The van der Waals surface area contributed by atoms with Crippen LogP contribution in [0.1, 0.15) is 13.8 Å². The lowest BCUT2D eigenvalue weighted by molar-refractivity contribution is -0.290. The first-order valence-electron chi connectivity index (χ1n) is 2.60. The van der Waals surface area contributed by atoms with E-state index in [-0.39, 0.29) is 0 Å². The number of hydrogen-bond acceptors (Lipinski definition) is 4. The van der Waals surface area contributed by atoms with Crippen LogP contribution in [0.4, 0.5) is 0 Å². The van der Waals surface area contributed by atoms with Gasteiger partial charge in [-0.25, -0.2) is 9.59 Å². The Morgan fingerprint density at radius 2 is 2.00 bits per heavy atom. The highest BCUT2D eigenvalue weighted by molar-refractivity contribution is 5.72. The van der Waals surface area contributed by atoms with E-state index < -0.39 is 18.0 Å². The van der Waals surface area contributed by atoms with Gasteiger partial charge in [0.15, 0.2) is 6.10 Å². The third kappa shape index (κ3) is 3.85. The van der Waals surface area contributed by atoms with Gasteiger partial charge in [0.25, 0.3) is 0 Å². The molecule has 0 aliphatic heterocycles. The molecule has 0 rings (SSSR count). The second-order valence-electron chi connectivity index (χ2n) is 1.65. The molecule has 0 fully saturated rings. The van der Waals surface area contributed by atoms with E-state index in [1.54, 1.807) is 0 Å². The summed E-state index contributed by atoms with van der Waals surface area (Å²) in [5, 5.41) is 8.18. The summed E-state index contributed by atoms with van der Waals surface area (Å²) in [5.74, 6) is -1.85. The van der Waals surface area contributed by atoms with Crippen LogP contribution in [-0.4, -0.2) is 23.1 Å². The normalized spacial score (nSPS) is 12.2. The number of aliphatic carboxylic acids is 1. The smallest absolute Gasteiger partial charge is 0.339 e. The highest BCUT2D eigenvalue weighted by Gasteiger charge is 2.13. The first-order valence-corrected chi connectivity index (χ1v) is 2.60. The van der Waals surface area contributed by atoms with Crippen molar-refractivity contribution in [1.29, 1.82) is 0 Å². The summed E-state index contributed by atoms with van der Waals surface area (Å²) in [4.78, 5) is 28.1. The van der Waals surface area contributed by atoms with E-state index in [4.69, 9.17) is 5.11 Å². The maximum Gasteiger partial charge on any atom is 0.339 e. The van der Waals surface area contributed by atoms with Crippen molar-refractivity contribution in [2.75, 3.05) is 0 Å². The number of carboxylic acids is 1. The predicted octanol–water partition coefficient (Wildman–Crippen LogP) is -0.0458. The van der Waals surface area contributed by atoms with Crippen molar-refractivity contribution in [1.82, 2.24) is 0 Å². The molecule has 0 aliphatic rings. The quantitative estimate of drug-likeness (QED) is 0.448. The summed E-state index contributed by atoms with van der Waals surface area (Å²) in [7, 11) is 0. The minimum atomic E-state index is -1.18. The van der Waals surface area contributed by atoms with Crippen molar-refractivity contribution < 1.29 is 24.5 Å². The molecular formula is C5H8O5. The third-order valence-electron chi connectivity index (χ3n) is 0.658. The van der Waals surface area contributed by atoms with Crippen LogP contribution in [0.15, 0.2) is 0 Å². The Hall–Kier alpha value is -1.10. The van der Waals surface area contributed by atoms with Gasteiger partial charge in [0.05, 0.1) is 0 Å². The molecule has 0 aromatic heterocycles. The average molecular weight is 148 g/mol. The van der Waals surface area contributed by atoms with E-state index in [1.807, 2.05) is 0 Å². The molecule has 0 aromatic carbocycles. The molecule has 0 amide bonds. The summed E-state index contributed by atoms with van der Waals surface area (Å²) in [6.45, 7) is 2.37. The van der Waals surface area contributed by atoms with Crippen molar-refractivity contribution >= 4 is 11.9 Å². The van der Waals surface area contributed by atoms with Crippen LogP contribution in [0.5, 0.6) is 0 Å². The van der Waals surface area contributed by atoms with Gasteiger partial charge in [-0.05, 0) is 6.92 Å². The van der Waals surface area contributed by atoms with Crippen LogP contribution >= 0.6 is 0 Å². The molecule has 5 heteroatoms. The van der Waals surface area contributed by atoms with Gasteiger partial charge < -0.3 is 5.11 Å². The lowest BCUT2D eigenvalue weighted by Gasteiger charge is -2.03. The van der Waals surface area contributed by atoms with E-state index in [9.17, 15) is 9.59 Å². The molecule has 0 saturated carbocycles. The summed E-state index contributed by atoms with van der Waals surface area (Å²) >= 11 is 0. The van der Waals surface area contributed by atoms with E-state index >= 15 is 0 Å². The molecule has 0 unspecified atom stereocenters. The van der Waals surface area contributed by atoms with Gasteiger partial charge in [-0.3, -0.25) is 4.89 Å². The zero-order valence-corrected chi connectivity index (χ0v) is 5.66. The van der Waals surface area contributed by atoms with Gasteiger partial charge in [-0.15, -0.1) is 0 Å². The fourth-order valence-corrected chi connectivity index (χ4v) is 0.181. The third-order valence-corrected chi connectivity index (χ3v) is 0.658. The predicted molar refractivity (Wildman–Crippen MR) is 29.9 cm³/mol. The summed E-state index contributed by atoms with van der Waals surface area (Å²) in [5.41, 5.74) is 0. The van der Waals surface area contributed by atoms with Gasteiger partial charge in [0.2, 0.25) is 0 Å². The number of hydrogen-bond donors (Lipinski definition) is 1. The van der Waals surface area contributed by atoms with Crippen molar-refractivity contribution in [3.05, 3.63) is 0 Å². The molecule has 0 aromatic rings. The van der Waals surface area contributed by atoms with Crippen LogP contribution < -0.4 is 0 Å². The summed E-state index contributed by atoms with van der Waals surface area (Å²) < 4.78 is 0.